The molecule has 2 rings (SSSR count). The van der Waals surface area contributed by atoms with E-state index in [0.717, 1.165) is 23.4 Å². The summed E-state index contributed by atoms with van der Waals surface area (Å²) in [6, 6.07) is 3.80. The Kier molecular flexibility index (Phi) is 6.61. The minimum absolute atomic E-state index is 0.218. The van der Waals surface area contributed by atoms with Gasteiger partial charge < -0.3 is 4.74 Å². The summed E-state index contributed by atoms with van der Waals surface area (Å²) in [5.41, 5.74) is 1.89. The summed E-state index contributed by atoms with van der Waals surface area (Å²) >= 11 is 0. The molecule has 1 aromatic carbocycles. The van der Waals surface area contributed by atoms with E-state index >= 15 is 0 Å². The van der Waals surface area contributed by atoms with Gasteiger partial charge in [0.25, 0.3) is 0 Å². The molecular formula is C18H23F2NO2. The zero-order chi connectivity index (χ0) is 17.6. The molecule has 1 heterocycles. The van der Waals surface area contributed by atoms with Gasteiger partial charge in [0.1, 0.15) is 5.60 Å². The number of aliphatic imine (C=N–C) groups is 1. The summed E-state index contributed by atoms with van der Waals surface area (Å²) in [5.74, 6) is -1.79. The molecule has 0 atom stereocenters. The number of rotatable bonds is 2. The van der Waals surface area contributed by atoms with E-state index in [4.69, 9.17) is 4.74 Å². The molecule has 0 fully saturated rings. The Hall–Kier alpha value is -2.04. The largest absolute Gasteiger partial charge is 0.456 e. The number of hydrogen-bond donors (Lipinski definition) is 0. The fourth-order valence-electron chi connectivity index (χ4n) is 2.21. The Morgan fingerprint density at radius 2 is 1.96 bits per heavy atom. The molecule has 0 N–H and O–H groups in total. The number of nitrogens with zero attached hydrogens (tertiary/aromatic N) is 1. The lowest BCUT2D eigenvalue weighted by Crippen LogP contribution is -2.34. The number of carbonyl (C=O) groups excluding carboxylic acids is 1. The van der Waals surface area contributed by atoms with Crippen LogP contribution in [0.1, 0.15) is 46.1 Å². The third-order valence-electron chi connectivity index (χ3n) is 3.27. The minimum Gasteiger partial charge on any atom is -0.456 e. The fourth-order valence-corrected chi connectivity index (χ4v) is 2.21. The summed E-state index contributed by atoms with van der Waals surface area (Å²) in [4.78, 5) is 15.8. The third-order valence-corrected chi connectivity index (χ3v) is 3.27. The molecule has 0 radical (unpaired) electrons. The summed E-state index contributed by atoms with van der Waals surface area (Å²) in [6.45, 7) is 9.32. The van der Waals surface area contributed by atoms with Crippen LogP contribution in [0, 0.1) is 18.6 Å². The maximum absolute atomic E-state index is 12.2. The Balaban J connectivity index is 0.000000253. The van der Waals surface area contributed by atoms with Crippen molar-refractivity contribution < 1.29 is 18.3 Å². The van der Waals surface area contributed by atoms with Gasteiger partial charge in [-0.15, -0.1) is 0 Å². The van der Waals surface area contributed by atoms with Gasteiger partial charge in [0, 0.05) is 12.6 Å². The Morgan fingerprint density at radius 1 is 1.30 bits per heavy atom. The molecule has 5 heteroatoms. The molecule has 0 saturated carbocycles. The van der Waals surface area contributed by atoms with E-state index in [1.165, 1.54) is 6.07 Å². The number of ether oxygens (including phenoxy) is 1. The highest BCUT2D eigenvalue weighted by Crippen LogP contribution is 2.31. The van der Waals surface area contributed by atoms with Gasteiger partial charge in [-0.1, -0.05) is 13.0 Å². The van der Waals surface area contributed by atoms with Gasteiger partial charge in [-0.05, 0) is 51.8 Å². The van der Waals surface area contributed by atoms with Crippen LogP contribution in [-0.4, -0.2) is 17.8 Å². The molecule has 1 aromatic rings. The smallest absolute Gasteiger partial charge is 0.336 e. The molecule has 0 saturated heterocycles. The van der Waals surface area contributed by atoms with E-state index in [1.54, 1.807) is 13.1 Å². The van der Waals surface area contributed by atoms with E-state index in [-0.39, 0.29) is 5.97 Å². The number of carbonyl (C=O) groups is 1. The van der Waals surface area contributed by atoms with Crippen molar-refractivity contribution in [1.82, 2.24) is 0 Å². The van der Waals surface area contributed by atoms with Crippen LogP contribution in [-0.2, 0) is 9.53 Å². The van der Waals surface area contributed by atoms with Gasteiger partial charge >= 0.3 is 5.97 Å². The maximum atomic E-state index is 12.2. The van der Waals surface area contributed by atoms with E-state index in [0.29, 0.717) is 18.4 Å². The summed E-state index contributed by atoms with van der Waals surface area (Å²) in [6.07, 6.45) is 3.10. The average Bonchev–Trinajstić information content (AvgIpc) is 2.43. The monoisotopic (exact) mass is 323 g/mol. The fraction of sp³-hybridized carbons (Fsp3) is 0.444. The molecule has 3 nitrogen and oxygen atoms in total. The zero-order valence-electron chi connectivity index (χ0n) is 14.2. The predicted molar refractivity (Wildman–Crippen MR) is 87.4 cm³/mol. The number of esters is 1. The molecule has 0 spiro atoms. The first kappa shape index (κ1) is 19.0. The molecular weight excluding hydrogens is 300 g/mol. The molecule has 0 aromatic heterocycles. The van der Waals surface area contributed by atoms with Crippen molar-refractivity contribution >= 4 is 12.2 Å². The summed E-state index contributed by atoms with van der Waals surface area (Å²) < 4.78 is 29.6. The molecule has 126 valence electrons. The lowest BCUT2D eigenvalue weighted by Gasteiger charge is -2.31. The van der Waals surface area contributed by atoms with E-state index < -0.39 is 17.2 Å². The Bertz CT molecular complexity index is 634. The number of halogens is 2. The van der Waals surface area contributed by atoms with Crippen molar-refractivity contribution in [3.8, 4) is 0 Å². The highest BCUT2D eigenvalue weighted by Gasteiger charge is 2.33. The topological polar surface area (TPSA) is 38.7 Å². The number of hydrogen-bond acceptors (Lipinski definition) is 3. The van der Waals surface area contributed by atoms with Crippen LogP contribution in [0.25, 0.3) is 0 Å². The highest BCUT2D eigenvalue weighted by atomic mass is 19.2. The molecule has 0 amide bonds. The van der Waals surface area contributed by atoms with Gasteiger partial charge in [-0.25, -0.2) is 13.6 Å². The second kappa shape index (κ2) is 7.99. The minimum atomic E-state index is -0.791. The average molecular weight is 323 g/mol. The molecule has 0 unspecified atom stereocenters. The standard InChI is InChI=1S/C11H17NO2.C7H6F2/c1-5-8-9(12-6-2)7-11(3,4)14-10(8)13;1-5-2-3-6(8)7(9)4-5/h6H,5,7H2,1-4H3;2-4H,1H3. The van der Waals surface area contributed by atoms with Crippen LogP contribution in [0.15, 0.2) is 34.5 Å². The second-order valence-corrected chi connectivity index (χ2v) is 5.91. The second-order valence-electron chi connectivity index (χ2n) is 5.91. The van der Waals surface area contributed by atoms with Gasteiger partial charge in [-0.2, -0.15) is 0 Å². The van der Waals surface area contributed by atoms with Crippen LogP contribution in [0.3, 0.4) is 0 Å². The normalized spacial score (nSPS) is 16.9. The predicted octanol–water partition coefficient (Wildman–Crippen LogP) is 4.74. The first-order chi connectivity index (χ1) is 10.7. The van der Waals surface area contributed by atoms with Crippen molar-refractivity contribution in [2.24, 2.45) is 4.99 Å². The summed E-state index contributed by atoms with van der Waals surface area (Å²) in [5, 5.41) is 0. The third kappa shape index (κ3) is 5.58. The number of cyclic esters (lactones) is 1. The van der Waals surface area contributed by atoms with Crippen molar-refractivity contribution in [1.29, 1.82) is 0 Å². The first-order valence-corrected chi connectivity index (χ1v) is 7.56. The van der Waals surface area contributed by atoms with Crippen LogP contribution in [0.4, 0.5) is 8.78 Å². The maximum Gasteiger partial charge on any atom is 0.336 e. The van der Waals surface area contributed by atoms with Crippen molar-refractivity contribution in [3.63, 3.8) is 0 Å². The quantitative estimate of drug-likeness (QED) is 0.582. The SMILES string of the molecule is CC=NC1=C(CC)C(=O)OC(C)(C)C1.Cc1ccc(F)c(F)c1. The first-order valence-electron chi connectivity index (χ1n) is 7.56. The highest BCUT2D eigenvalue weighted by molar-refractivity contribution is 5.90. The van der Waals surface area contributed by atoms with Gasteiger partial charge in [0.05, 0.1) is 11.3 Å². The lowest BCUT2D eigenvalue weighted by atomic mass is 9.95. The van der Waals surface area contributed by atoms with Crippen molar-refractivity contribution in [2.45, 2.75) is 53.1 Å². The zero-order valence-corrected chi connectivity index (χ0v) is 14.2. The van der Waals surface area contributed by atoms with Gasteiger partial charge in [0.15, 0.2) is 11.6 Å². The van der Waals surface area contributed by atoms with E-state index in [9.17, 15) is 13.6 Å². The van der Waals surface area contributed by atoms with Crippen LogP contribution in [0.5, 0.6) is 0 Å². The van der Waals surface area contributed by atoms with Crippen molar-refractivity contribution in [3.05, 3.63) is 46.7 Å². The number of benzene rings is 1. The van der Waals surface area contributed by atoms with E-state index in [2.05, 4.69) is 4.99 Å². The number of aryl methyl sites for hydroxylation is 1. The molecule has 23 heavy (non-hydrogen) atoms. The van der Waals surface area contributed by atoms with Crippen molar-refractivity contribution in [2.75, 3.05) is 0 Å². The lowest BCUT2D eigenvalue weighted by molar-refractivity contribution is -0.153. The molecule has 0 aliphatic carbocycles. The molecule has 1 aliphatic heterocycles. The van der Waals surface area contributed by atoms with E-state index in [1.807, 2.05) is 27.7 Å². The van der Waals surface area contributed by atoms with Gasteiger partial charge in [0.2, 0.25) is 0 Å². The van der Waals surface area contributed by atoms with Gasteiger partial charge in [-0.3, -0.25) is 4.99 Å². The Labute approximate surface area is 136 Å². The van der Waals surface area contributed by atoms with Crippen LogP contribution in [0.2, 0.25) is 0 Å². The van der Waals surface area contributed by atoms with Crippen LogP contribution < -0.4 is 0 Å². The molecule has 1 aliphatic rings. The Morgan fingerprint density at radius 3 is 2.43 bits per heavy atom. The summed E-state index contributed by atoms with van der Waals surface area (Å²) in [7, 11) is 0. The molecule has 0 bridgehead atoms. The van der Waals surface area contributed by atoms with Crippen LogP contribution >= 0.6 is 0 Å².